The Morgan fingerprint density at radius 1 is 1.15 bits per heavy atom. The minimum Gasteiger partial charge on any atom is -0.478 e. The highest BCUT2D eigenvalue weighted by molar-refractivity contribution is 6.33. The van der Waals surface area contributed by atoms with Crippen molar-refractivity contribution in [2.45, 2.75) is 6.92 Å². The van der Waals surface area contributed by atoms with E-state index in [-0.39, 0.29) is 16.3 Å². The van der Waals surface area contributed by atoms with Crippen molar-refractivity contribution in [3.05, 3.63) is 81.2 Å². The molecule has 0 fully saturated rings. The first-order valence-corrected chi connectivity index (χ1v) is 8.45. The first-order chi connectivity index (χ1) is 13.0. The number of fused-ring (bicyclic) bond motifs is 1. The van der Waals surface area contributed by atoms with Gasteiger partial charge in [-0.1, -0.05) is 41.9 Å². The fourth-order valence-electron chi connectivity index (χ4n) is 3.01. The topological polar surface area (TPSA) is 85.3 Å². The maximum Gasteiger partial charge on any atom is 0.337 e. The molecule has 6 nitrogen and oxygen atoms in total. The van der Waals surface area contributed by atoms with Gasteiger partial charge in [-0.25, -0.2) is 9.59 Å². The molecular weight excluding hydrogens is 368 g/mol. The van der Waals surface area contributed by atoms with Crippen LogP contribution < -0.4 is 5.63 Å². The van der Waals surface area contributed by atoms with E-state index in [1.165, 1.54) is 22.9 Å². The number of rotatable bonds is 3. The molecule has 0 aliphatic rings. The van der Waals surface area contributed by atoms with E-state index >= 15 is 0 Å². The smallest absolute Gasteiger partial charge is 0.337 e. The number of nitrogens with zero attached hydrogens (tertiary/aromatic N) is 2. The third kappa shape index (κ3) is 2.90. The number of carbonyl (C=O) groups is 1. The molecule has 2 heterocycles. The summed E-state index contributed by atoms with van der Waals surface area (Å²) in [5, 5.41) is 14.7. The van der Waals surface area contributed by atoms with E-state index in [9.17, 15) is 14.7 Å². The lowest BCUT2D eigenvalue weighted by Gasteiger charge is -2.05. The summed E-state index contributed by atoms with van der Waals surface area (Å²) in [6.07, 6.45) is 0. The Morgan fingerprint density at radius 3 is 2.59 bits per heavy atom. The van der Waals surface area contributed by atoms with Crippen LogP contribution in [0.15, 0.2) is 63.8 Å². The second-order valence-corrected chi connectivity index (χ2v) is 6.43. The predicted molar refractivity (Wildman–Crippen MR) is 102 cm³/mol. The molecule has 0 aliphatic heterocycles. The highest BCUT2D eigenvalue weighted by Gasteiger charge is 2.20. The molecule has 0 atom stereocenters. The zero-order valence-electron chi connectivity index (χ0n) is 14.1. The van der Waals surface area contributed by atoms with Gasteiger partial charge in [-0.05, 0) is 30.7 Å². The van der Waals surface area contributed by atoms with Crippen LogP contribution in [0.2, 0.25) is 5.02 Å². The average molecular weight is 381 g/mol. The number of carboxylic acids is 1. The third-order valence-electron chi connectivity index (χ3n) is 4.24. The Morgan fingerprint density at radius 2 is 1.89 bits per heavy atom. The van der Waals surface area contributed by atoms with Crippen LogP contribution in [-0.4, -0.2) is 20.9 Å². The van der Waals surface area contributed by atoms with Crippen molar-refractivity contribution >= 4 is 28.7 Å². The summed E-state index contributed by atoms with van der Waals surface area (Å²) in [7, 11) is 0. The summed E-state index contributed by atoms with van der Waals surface area (Å²) in [4.78, 5) is 23.4. The van der Waals surface area contributed by atoms with Crippen LogP contribution in [0.1, 0.15) is 15.9 Å². The van der Waals surface area contributed by atoms with Gasteiger partial charge in [0.15, 0.2) is 0 Å². The van der Waals surface area contributed by atoms with Gasteiger partial charge >= 0.3 is 11.6 Å². The number of hydrogen-bond donors (Lipinski definition) is 1. The molecule has 0 amide bonds. The van der Waals surface area contributed by atoms with E-state index in [0.29, 0.717) is 16.8 Å². The molecule has 0 radical (unpaired) electrons. The van der Waals surface area contributed by atoms with Gasteiger partial charge < -0.3 is 9.52 Å². The molecule has 0 unspecified atom stereocenters. The van der Waals surface area contributed by atoms with Crippen molar-refractivity contribution in [1.29, 1.82) is 0 Å². The van der Waals surface area contributed by atoms with Crippen molar-refractivity contribution < 1.29 is 14.3 Å². The van der Waals surface area contributed by atoms with Crippen molar-refractivity contribution in [1.82, 2.24) is 9.78 Å². The molecule has 0 saturated heterocycles. The third-order valence-corrected chi connectivity index (χ3v) is 4.57. The first kappa shape index (κ1) is 17.1. The Balaban J connectivity index is 2.07. The molecule has 7 heteroatoms. The van der Waals surface area contributed by atoms with Crippen LogP contribution in [-0.2, 0) is 0 Å². The number of aryl methyl sites for hydroxylation is 1. The van der Waals surface area contributed by atoms with Gasteiger partial charge in [0.25, 0.3) is 0 Å². The molecule has 0 saturated carbocycles. The molecule has 134 valence electrons. The highest BCUT2D eigenvalue weighted by atomic mass is 35.5. The van der Waals surface area contributed by atoms with Crippen LogP contribution in [0.25, 0.3) is 28.0 Å². The monoisotopic (exact) mass is 380 g/mol. The lowest BCUT2D eigenvalue weighted by molar-refractivity contribution is 0.0697. The summed E-state index contributed by atoms with van der Waals surface area (Å²) in [6.45, 7) is 1.81. The summed E-state index contributed by atoms with van der Waals surface area (Å²) in [6, 6.07) is 15.4. The van der Waals surface area contributed by atoms with E-state index in [1.807, 2.05) is 37.3 Å². The Kier molecular flexibility index (Phi) is 4.05. The van der Waals surface area contributed by atoms with E-state index in [0.717, 1.165) is 11.1 Å². The van der Waals surface area contributed by atoms with Gasteiger partial charge in [-0.2, -0.15) is 9.78 Å². The quantitative estimate of drug-likeness (QED) is 0.572. The second-order valence-electron chi connectivity index (χ2n) is 6.02. The number of carboxylic acid groups (broad SMARTS) is 1. The van der Waals surface area contributed by atoms with Crippen molar-refractivity contribution in [2.24, 2.45) is 0 Å². The summed E-state index contributed by atoms with van der Waals surface area (Å²) in [5.41, 5.74) is 2.32. The number of halogens is 1. The summed E-state index contributed by atoms with van der Waals surface area (Å²) in [5.74, 6) is -1.15. The average Bonchev–Trinajstić information content (AvgIpc) is 3.02. The Labute approximate surface area is 158 Å². The SMILES string of the molecule is Cc1cc(=O)oc2c1c(-c1ccccc1)nn2-c1ccc(Cl)c(C(=O)O)c1. The zero-order valence-corrected chi connectivity index (χ0v) is 14.9. The molecule has 4 aromatic rings. The van der Waals surface area contributed by atoms with E-state index in [4.69, 9.17) is 16.0 Å². The second kappa shape index (κ2) is 6.41. The molecule has 2 aromatic heterocycles. The van der Waals surface area contributed by atoms with Crippen LogP contribution in [0.4, 0.5) is 0 Å². The van der Waals surface area contributed by atoms with E-state index in [2.05, 4.69) is 5.10 Å². The normalized spacial score (nSPS) is 11.0. The maximum atomic E-state index is 11.9. The first-order valence-electron chi connectivity index (χ1n) is 8.08. The minimum absolute atomic E-state index is 0.0610. The number of aromatic nitrogens is 2. The van der Waals surface area contributed by atoms with Crippen molar-refractivity contribution in [2.75, 3.05) is 0 Å². The molecule has 4 rings (SSSR count). The Hall–Kier alpha value is -3.38. The summed E-state index contributed by atoms with van der Waals surface area (Å²) < 4.78 is 6.85. The van der Waals surface area contributed by atoms with Gasteiger partial charge in [-0.15, -0.1) is 0 Å². The van der Waals surface area contributed by atoms with Crippen molar-refractivity contribution in [3.8, 4) is 16.9 Å². The minimum atomic E-state index is -1.15. The summed E-state index contributed by atoms with van der Waals surface area (Å²) >= 11 is 5.96. The fourth-order valence-corrected chi connectivity index (χ4v) is 3.21. The van der Waals surface area contributed by atoms with E-state index in [1.54, 1.807) is 6.07 Å². The fraction of sp³-hybridized carbons (Fsp3) is 0.0500. The maximum absolute atomic E-state index is 11.9. The van der Waals surface area contributed by atoms with Gasteiger partial charge in [0.1, 0.15) is 5.69 Å². The lowest BCUT2D eigenvalue weighted by Crippen LogP contribution is -2.04. The highest BCUT2D eigenvalue weighted by Crippen LogP contribution is 2.32. The predicted octanol–water partition coefficient (Wildman–Crippen LogP) is 4.31. The molecule has 1 N–H and O–H groups in total. The lowest BCUT2D eigenvalue weighted by atomic mass is 10.1. The number of aromatic carboxylic acids is 1. The largest absolute Gasteiger partial charge is 0.478 e. The van der Waals surface area contributed by atoms with Crippen LogP contribution >= 0.6 is 11.6 Å². The number of hydrogen-bond acceptors (Lipinski definition) is 4. The standard InChI is InChI=1S/C20H13ClN2O4/c1-11-9-16(24)27-19-17(11)18(12-5-3-2-4-6-12)22-23(19)13-7-8-15(21)14(10-13)20(25)26/h2-10H,1H3,(H,25,26). The van der Waals surface area contributed by atoms with Crippen LogP contribution in [0.5, 0.6) is 0 Å². The zero-order chi connectivity index (χ0) is 19.1. The van der Waals surface area contributed by atoms with E-state index < -0.39 is 11.6 Å². The number of benzene rings is 2. The van der Waals surface area contributed by atoms with Gasteiger partial charge in [0.2, 0.25) is 5.71 Å². The molecule has 27 heavy (non-hydrogen) atoms. The van der Waals surface area contributed by atoms with Gasteiger partial charge in [0, 0.05) is 11.6 Å². The molecule has 0 spiro atoms. The van der Waals surface area contributed by atoms with Gasteiger partial charge in [-0.3, -0.25) is 0 Å². The van der Waals surface area contributed by atoms with Crippen LogP contribution in [0.3, 0.4) is 0 Å². The van der Waals surface area contributed by atoms with Gasteiger partial charge in [0.05, 0.1) is 21.7 Å². The van der Waals surface area contributed by atoms with Crippen molar-refractivity contribution in [3.63, 3.8) is 0 Å². The molecular formula is C20H13ClN2O4. The molecule has 0 bridgehead atoms. The molecule has 2 aromatic carbocycles. The van der Waals surface area contributed by atoms with Crippen LogP contribution in [0, 0.1) is 6.92 Å². The molecule has 0 aliphatic carbocycles. The Bertz CT molecular complexity index is 1240.